The van der Waals surface area contributed by atoms with E-state index in [9.17, 15) is 14.0 Å². The number of rotatable bonds is 5. The number of likely N-dealkylation sites (N-methyl/N-ethyl adjacent to an activating group) is 1. The summed E-state index contributed by atoms with van der Waals surface area (Å²) in [6.45, 7) is 5.24. The third kappa shape index (κ3) is 3.75. The smallest absolute Gasteiger partial charge is 0.410 e. The van der Waals surface area contributed by atoms with Crippen molar-refractivity contribution in [2.24, 2.45) is 0 Å². The van der Waals surface area contributed by atoms with Crippen LogP contribution >= 0.6 is 0 Å². The van der Waals surface area contributed by atoms with E-state index < -0.39 is 6.09 Å². The number of benzene rings is 1. The monoisotopic (exact) mass is 308 g/mol. The number of hydrogen-bond donors (Lipinski definition) is 0. The van der Waals surface area contributed by atoms with Crippen LogP contribution in [0, 0.1) is 5.82 Å². The molecule has 22 heavy (non-hydrogen) atoms. The second-order valence-electron chi connectivity index (χ2n) is 5.30. The van der Waals surface area contributed by atoms with E-state index in [1.165, 1.54) is 17.0 Å². The van der Waals surface area contributed by atoms with E-state index in [1.807, 2.05) is 13.8 Å². The molecule has 1 fully saturated rings. The third-order valence-electron chi connectivity index (χ3n) is 3.86. The zero-order chi connectivity index (χ0) is 16.1. The van der Waals surface area contributed by atoms with Crippen LogP contribution in [0.25, 0.3) is 0 Å². The van der Waals surface area contributed by atoms with Gasteiger partial charge in [-0.1, -0.05) is 12.1 Å². The number of hydrogen-bond acceptors (Lipinski definition) is 3. The van der Waals surface area contributed by atoms with Crippen LogP contribution in [0.15, 0.2) is 24.3 Å². The number of ether oxygens (including phenoxy) is 1. The van der Waals surface area contributed by atoms with Crippen molar-refractivity contribution < 1.29 is 18.7 Å². The Bertz CT molecular complexity index is 533. The molecule has 120 valence electrons. The molecule has 0 spiro atoms. The molecule has 1 aliphatic heterocycles. The van der Waals surface area contributed by atoms with Crippen molar-refractivity contribution in [1.82, 2.24) is 9.80 Å². The standard InChI is InChI=1S/C16H21FN2O3/c1-3-19(12(2)13-5-7-14(17)8-6-13)15(20)11-18-9-4-10-22-16(18)21/h5-8,12H,3-4,9-11H2,1-2H3. The maximum Gasteiger partial charge on any atom is 0.410 e. The summed E-state index contributed by atoms with van der Waals surface area (Å²) in [5, 5.41) is 0. The molecule has 1 unspecified atom stereocenters. The summed E-state index contributed by atoms with van der Waals surface area (Å²) in [4.78, 5) is 27.2. The lowest BCUT2D eigenvalue weighted by Crippen LogP contribution is -2.46. The quantitative estimate of drug-likeness (QED) is 0.840. The largest absolute Gasteiger partial charge is 0.449 e. The Labute approximate surface area is 129 Å². The number of amides is 2. The van der Waals surface area contributed by atoms with Gasteiger partial charge in [0.25, 0.3) is 0 Å². The lowest BCUT2D eigenvalue weighted by atomic mass is 10.1. The summed E-state index contributed by atoms with van der Waals surface area (Å²) < 4.78 is 17.9. The summed E-state index contributed by atoms with van der Waals surface area (Å²) in [6.07, 6.45) is 0.295. The molecular formula is C16H21FN2O3. The molecule has 1 saturated heterocycles. The molecule has 1 aromatic carbocycles. The van der Waals surface area contributed by atoms with Gasteiger partial charge < -0.3 is 9.64 Å². The number of halogens is 1. The Kier molecular flexibility index (Phi) is 5.35. The summed E-state index contributed by atoms with van der Waals surface area (Å²) in [6, 6.07) is 5.92. The Balaban J connectivity index is 2.04. The molecule has 5 nitrogen and oxygen atoms in total. The van der Waals surface area contributed by atoms with Crippen LogP contribution in [0.3, 0.4) is 0 Å². The third-order valence-corrected chi connectivity index (χ3v) is 3.86. The van der Waals surface area contributed by atoms with Gasteiger partial charge in [-0.15, -0.1) is 0 Å². The fourth-order valence-electron chi connectivity index (χ4n) is 2.58. The summed E-state index contributed by atoms with van der Waals surface area (Å²) in [5.41, 5.74) is 0.859. The van der Waals surface area contributed by atoms with Crippen molar-refractivity contribution in [2.75, 3.05) is 26.2 Å². The second-order valence-corrected chi connectivity index (χ2v) is 5.30. The first-order valence-corrected chi connectivity index (χ1v) is 7.49. The highest BCUT2D eigenvalue weighted by atomic mass is 19.1. The highest BCUT2D eigenvalue weighted by Gasteiger charge is 2.26. The van der Waals surface area contributed by atoms with Gasteiger partial charge in [0.15, 0.2) is 0 Å². The van der Waals surface area contributed by atoms with Gasteiger partial charge >= 0.3 is 6.09 Å². The lowest BCUT2D eigenvalue weighted by Gasteiger charge is -2.32. The minimum absolute atomic E-state index is 0.0121. The van der Waals surface area contributed by atoms with E-state index in [0.29, 0.717) is 19.7 Å². The van der Waals surface area contributed by atoms with Crippen molar-refractivity contribution in [3.8, 4) is 0 Å². The molecule has 1 aliphatic rings. The summed E-state index contributed by atoms with van der Waals surface area (Å²) in [5.74, 6) is -0.445. The predicted octanol–water partition coefficient (Wildman–Crippen LogP) is 2.58. The van der Waals surface area contributed by atoms with Crippen LogP contribution in [0.5, 0.6) is 0 Å². The van der Waals surface area contributed by atoms with Gasteiger partial charge in [0, 0.05) is 13.1 Å². The number of carbonyl (C=O) groups is 2. The highest BCUT2D eigenvalue weighted by molar-refractivity contribution is 5.82. The first kappa shape index (κ1) is 16.3. The molecule has 0 saturated carbocycles. The molecule has 0 aliphatic carbocycles. The van der Waals surface area contributed by atoms with Gasteiger partial charge in [0.2, 0.25) is 5.91 Å². The van der Waals surface area contributed by atoms with Gasteiger partial charge in [-0.05, 0) is 38.0 Å². The number of nitrogens with zero attached hydrogens (tertiary/aromatic N) is 2. The van der Waals surface area contributed by atoms with E-state index in [4.69, 9.17) is 4.74 Å². The fraction of sp³-hybridized carbons (Fsp3) is 0.500. The Morgan fingerprint density at radius 1 is 1.41 bits per heavy atom. The van der Waals surface area contributed by atoms with Crippen molar-refractivity contribution in [3.05, 3.63) is 35.6 Å². The normalized spacial score (nSPS) is 16.1. The van der Waals surface area contributed by atoms with Crippen molar-refractivity contribution >= 4 is 12.0 Å². The van der Waals surface area contributed by atoms with E-state index >= 15 is 0 Å². The minimum Gasteiger partial charge on any atom is -0.449 e. The zero-order valence-electron chi connectivity index (χ0n) is 12.9. The van der Waals surface area contributed by atoms with Crippen LogP contribution in [0.1, 0.15) is 31.9 Å². The molecule has 2 rings (SSSR count). The van der Waals surface area contributed by atoms with Gasteiger partial charge in [-0.2, -0.15) is 0 Å². The molecule has 2 amide bonds. The van der Waals surface area contributed by atoms with Crippen LogP contribution in [0.4, 0.5) is 9.18 Å². The first-order valence-electron chi connectivity index (χ1n) is 7.49. The molecule has 6 heteroatoms. The van der Waals surface area contributed by atoms with Gasteiger partial charge in [-0.25, -0.2) is 9.18 Å². The van der Waals surface area contributed by atoms with Crippen LogP contribution in [-0.2, 0) is 9.53 Å². The van der Waals surface area contributed by atoms with E-state index in [-0.39, 0.29) is 24.3 Å². The summed E-state index contributed by atoms with van der Waals surface area (Å²) in [7, 11) is 0. The first-order chi connectivity index (χ1) is 10.5. The van der Waals surface area contributed by atoms with Crippen molar-refractivity contribution in [3.63, 3.8) is 0 Å². The number of carbonyl (C=O) groups excluding carboxylic acids is 2. The Morgan fingerprint density at radius 2 is 2.09 bits per heavy atom. The maximum atomic E-state index is 13.0. The maximum absolute atomic E-state index is 13.0. The van der Waals surface area contributed by atoms with Gasteiger partial charge in [0.05, 0.1) is 12.6 Å². The molecule has 0 N–H and O–H groups in total. The molecule has 0 radical (unpaired) electrons. The lowest BCUT2D eigenvalue weighted by molar-refractivity contribution is -0.134. The molecule has 0 aromatic heterocycles. The topological polar surface area (TPSA) is 49.9 Å². The molecule has 1 aromatic rings. The van der Waals surface area contributed by atoms with Crippen LogP contribution in [-0.4, -0.2) is 48.0 Å². The molecule has 1 atom stereocenters. The SMILES string of the molecule is CCN(C(=O)CN1CCCOC1=O)C(C)c1ccc(F)cc1. The van der Waals surface area contributed by atoms with Gasteiger partial charge in [-0.3, -0.25) is 9.69 Å². The summed E-state index contributed by atoms with van der Waals surface area (Å²) >= 11 is 0. The second kappa shape index (κ2) is 7.24. The zero-order valence-corrected chi connectivity index (χ0v) is 12.9. The highest BCUT2D eigenvalue weighted by Crippen LogP contribution is 2.21. The predicted molar refractivity (Wildman–Crippen MR) is 79.7 cm³/mol. The Morgan fingerprint density at radius 3 is 2.68 bits per heavy atom. The average Bonchev–Trinajstić information content (AvgIpc) is 2.51. The van der Waals surface area contributed by atoms with E-state index in [1.54, 1.807) is 17.0 Å². The van der Waals surface area contributed by atoms with Crippen molar-refractivity contribution in [1.29, 1.82) is 0 Å². The fourth-order valence-corrected chi connectivity index (χ4v) is 2.58. The molecule has 1 heterocycles. The number of cyclic esters (lactones) is 1. The van der Waals surface area contributed by atoms with Gasteiger partial charge in [0.1, 0.15) is 12.4 Å². The Hall–Kier alpha value is -2.11. The van der Waals surface area contributed by atoms with Crippen LogP contribution in [0.2, 0.25) is 0 Å². The van der Waals surface area contributed by atoms with Crippen LogP contribution < -0.4 is 0 Å². The average molecular weight is 308 g/mol. The minimum atomic E-state index is -0.440. The molecule has 0 bridgehead atoms. The van der Waals surface area contributed by atoms with E-state index in [2.05, 4.69) is 0 Å². The van der Waals surface area contributed by atoms with E-state index in [0.717, 1.165) is 12.0 Å². The molecular weight excluding hydrogens is 287 g/mol. The van der Waals surface area contributed by atoms with Crippen molar-refractivity contribution in [2.45, 2.75) is 26.3 Å².